The third kappa shape index (κ3) is 3.10. The minimum absolute atomic E-state index is 0.131. The Morgan fingerprint density at radius 3 is 2.24 bits per heavy atom. The lowest BCUT2D eigenvalue weighted by atomic mass is 10.1. The maximum Gasteiger partial charge on any atom is 0.262 e. The van der Waals surface area contributed by atoms with Crippen molar-refractivity contribution in [3.63, 3.8) is 0 Å². The highest BCUT2D eigenvalue weighted by atomic mass is 32.2. The largest absolute Gasteiger partial charge is 0.285 e. The van der Waals surface area contributed by atoms with Crippen molar-refractivity contribution in [2.24, 2.45) is 0 Å². The molecule has 0 radical (unpaired) electrons. The number of fused-ring (bicyclic) bond motifs is 3. The lowest BCUT2D eigenvalue weighted by Crippen LogP contribution is -2.33. The summed E-state index contributed by atoms with van der Waals surface area (Å²) in [5, 5.41) is 8.73. The summed E-state index contributed by atoms with van der Waals surface area (Å²) in [6.45, 7) is 4.21. The lowest BCUT2D eigenvalue weighted by molar-refractivity contribution is 0.0582. The van der Waals surface area contributed by atoms with Gasteiger partial charge < -0.3 is 0 Å². The highest BCUT2D eigenvalue weighted by molar-refractivity contribution is 7.99. The van der Waals surface area contributed by atoms with Crippen LogP contribution in [-0.4, -0.2) is 31.3 Å². The van der Waals surface area contributed by atoms with Crippen molar-refractivity contribution in [2.45, 2.75) is 42.4 Å². The average Bonchev–Trinajstić information content (AvgIpc) is 3.47. The maximum atomic E-state index is 13.2. The molecular weight excluding hydrogens is 432 g/mol. The molecule has 4 aromatic rings. The van der Waals surface area contributed by atoms with Crippen LogP contribution in [0.4, 0.5) is 0 Å². The van der Waals surface area contributed by atoms with Crippen LogP contribution in [0.25, 0.3) is 5.65 Å². The molecule has 2 atom stereocenters. The van der Waals surface area contributed by atoms with Gasteiger partial charge in [0.15, 0.2) is 5.65 Å². The van der Waals surface area contributed by atoms with E-state index in [1.807, 2.05) is 24.3 Å². The first kappa shape index (κ1) is 20.2. The molecule has 2 aliphatic rings. The Kier molecular flexibility index (Phi) is 4.62. The molecule has 1 aliphatic carbocycles. The molecule has 7 heteroatoms. The molecular formula is C26H22N4O2S. The number of imide groups is 1. The van der Waals surface area contributed by atoms with Crippen LogP contribution in [0.3, 0.4) is 0 Å². The van der Waals surface area contributed by atoms with Gasteiger partial charge in [-0.2, -0.15) is 0 Å². The summed E-state index contributed by atoms with van der Waals surface area (Å²) < 4.78 is 2.05. The number of benzene rings is 2. The van der Waals surface area contributed by atoms with Crippen molar-refractivity contribution >= 4 is 29.2 Å². The number of carbonyl (C=O) groups excluding carboxylic acids is 2. The number of carbonyl (C=O) groups is 2. The summed E-state index contributed by atoms with van der Waals surface area (Å²) in [7, 11) is 0. The first-order valence-corrected chi connectivity index (χ1v) is 12.0. The van der Waals surface area contributed by atoms with Crippen LogP contribution in [0.15, 0.2) is 71.8 Å². The first-order valence-electron chi connectivity index (χ1n) is 11.1. The van der Waals surface area contributed by atoms with Gasteiger partial charge in [0.2, 0.25) is 0 Å². The Balaban J connectivity index is 1.34. The van der Waals surface area contributed by atoms with E-state index in [1.165, 1.54) is 10.5 Å². The van der Waals surface area contributed by atoms with E-state index in [2.05, 4.69) is 46.8 Å². The van der Waals surface area contributed by atoms with Crippen LogP contribution in [0, 0.1) is 0 Å². The Bertz CT molecular complexity index is 1390. The van der Waals surface area contributed by atoms with Gasteiger partial charge in [-0.1, -0.05) is 50.2 Å². The highest BCUT2D eigenvalue weighted by Gasteiger charge is 2.45. The van der Waals surface area contributed by atoms with Gasteiger partial charge >= 0.3 is 0 Å². The molecule has 1 unspecified atom stereocenters. The molecule has 0 spiro atoms. The van der Waals surface area contributed by atoms with Crippen molar-refractivity contribution in [1.29, 1.82) is 0 Å². The van der Waals surface area contributed by atoms with Crippen LogP contribution in [-0.2, 0) is 0 Å². The van der Waals surface area contributed by atoms with E-state index in [1.54, 1.807) is 36.0 Å². The molecule has 2 aromatic heterocycles. The Morgan fingerprint density at radius 1 is 0.879 bits per heavy atom. The minimum Gasteiger partial charge on any atom is -0.285 e. The average molecular weight is 455 g/mol. The predicted molar refractivity (Wildman–Crippen MR) is 126 cm³/mol. The fourth-order valence-corrected chi connectivity index (χ4v) is 6.19. The molecule has 2 amide bonds. The predicted octanol–water partition coefficient (Wildman–Crippen LogP) is 5.43. The molecule has 6 rings (SSSR count). The van der Waals surface area contributed by atoms with E-state index < -0.39 is 0 Å². The Hall–Kier alpha value is -3.45. The summed E-state index contributed by atoms with van der Waals surface area (Å²) in [5.74, 6) is 0.802. The van der Waals surface area contributed by atoms with E-state index in [9.17, 15) is 9.59 Å². The fourth-order valence-electron chi connectivity index (χ4n) is 4.93. The fraction of sp³-hybridized carbons (Fsp3) is 0.231. The monoisotopic (exact) mass is 454 g/mol. The van der Waals surface area contributed by atoms with Gasteiger partial charge in [0.05, 0.1) is 17.2 Å². The van der Waals surface area contributed by atoms with Crippen molar-refractivity contribution < 1.29 is 9.59 Å². The standard InChI is InChI=1S/C26H22N4O2S/c1-15(2)24-28-27-23-12-11-16(14-29(23)24)33-22-13-21(17-7-3-4-8-18(17)22)30-25(31)19-9-5-6-10-20(19)26(30)32/h3-12,14-15,21-22H,13H2,1-2H3/t21?,22-/m0/s1. The second-order valence-corrected chi connectivity index (χ2v) is 10.1. The lowest BCUT2D eigenvalue weighted by Gasteiger charge is -2.23. The number of nitrogens with zero attached hydrogens (tertiary/aromatic N) is 4. The van der Waals surface area contributed by atoms with Crippen molar-refractivity contribution in [3.05, 3.63) is 94.9 Å². The molecule has 3 heterocycles. The number of aromatic nitrogens is 3. The van der Waals surface area contributed by atoms with E-state index >= 15 is 0 Å². The van der Waals surface area contributed by atoms with E-state index in [0.717, 1.165) is 21.9 Å². The van der Waals surface area contributed by atoms with Crippen molar-refractivity contribution in [2.75, 3.05) is 0 Å². The molecule has 0 fully saturated rings. The van der Waals surface area contributed by atoms with Gasteiger partial charge in [-0.25, -0.2) is 0 Å². The van der Waals surface area contributed by atoms with Gasteiger partial charge in [-0.15, -0.1) is 22.0 Å². The van der Waals surface area contributed by atoms with Crippen LogP contribution >= 0.6 is 11.8 Å². The van der Waals surface area contributed by atoms with Gasteiger partial charge in [-0.05, 0) is 41.8 Å². The molecule has 2 aromatic carbocycles. The number of amides is 2. The number of hydrogen-bond donors (Lipinski definition) is 0. The van der Waals surface area contributed by atoms with E-state index in [-0.39, 0.29) is 29.0 Å². The number of thioether (sulfide) groups is 1. The number of pyridine rings is 1. The zero-order valence-corrected chi connectivity index (χ0v) is 19.1. The van der Waals surface area contributed by atoms with Crippen LogP contribution < -0.4 is 0 Å². The summed E-state index contributed by atoms with van der Waals surface area (Å²) in [6.07, 6.45) is 2.78. The van der Waals surface area contributed by atoms with Crippen molar-refractivity contribution in [3.8, 4) is 0 Å². The van der Waals surface area contributed by atoms with Crippen LogP contribution in [0.5, 0.6) is 0 Å². The van der Waals surface area contributed by atoms with Gasteiger partial charge in [0, 0.05) is 22.3 Å². The zero-order chi connectivity index (χ0) is 22.7. The second-order valence-electron chi connectivity index (χ2n) is 8.82. The van der Waals surface area contributed by atoms with E-state index in [0.29, 0.717) is 17.5 Å². The zero-order valence-electron chi connectivity index (χ0n) is 18.3. The maximum absolute atomic E-state index is 13.2. The van der Waals surface area contributed by atoms with E-state index in [4.69, 9.17) is 0 Å². The second kappa shape index (κ2) is 7.56. The number of rotatable bonds is 4. The number of hydrogen-bond acceptors (Lipinski definition) is 5. The summed E-state index contributed by atoms with van der Waals surface area (Å²) in [4.78, 5) is 28.9. The third-order valence-corrected chi connectivity index (χ3v) is 7.72. The van der Waals surface area contributed by atoms with Crippen molar-refractivity contribution in [1.82, 2.24) is 19.5 Å². The molecule has 0 N–H and O–H groups in total. The summed E-state index contributed by atoms with van der Waals surface area (Å²) in [5.41, 5.74) is 4.05. The quantitative estimate of drug-likeness (QED) is 0.385. The molecule has 0 bridgehead atoms. The first-order chi connectivity index (χ1) is 16.0. The van der Waals surface area contributed by atoms with Gasteiger partial charge in [0.1, 0.15) is 5.82 Å². The SMILES string of the molecule is CC(C)c1nnc2ccc(S[C@H]3CC(N4C(=O)c5ccccc5C4=O)c4ccccc43)cn12. The van der Waals surface area contributed by atoms with Crippen LogP contribution in [0.1, 0.15) is 75.1 Å². The molecule has 0 saturated heterocycles. The Morgan fingerprint density at radius 2 is 1.55 bits per heavy atom. The molecule has 0 saturated carbocycles. The smallest absolute Gasteiger partial charge is 0.262 e. The molecule has 33 heavy (non-hydrogen) atoms. The highest BCUT2D eigenvalue weighted by Crippen LogP contribution is 2.52. The van der Waals surface area contributed by atoms with Gasteiger partial charge in [0.25, 0.3) is 11.8 Å². The summed E-state index contributed by atoms with van der Waals surface area (Å²) >= 11 is 1.76. The molecule has 6 nitrogen and oxygen atoms in total. The van der Waals surface area contributed by atoms with Crippen LogP contribution in [0.2, 0.25) is 0 Å². The minimum atomic E-state index is -0.268. The third-order valence-electron chi connectivity index (χ3n) is 6.47. The topological polar surface area (TPSA) is 67.6 Å². The van der Waals surface area contributed by atoms with Gasteiger partial charge in [-0.3, -0.25) is 18.9 Å². The Labute approximate surface area is 195 Å². The summed E-state index contributed by atoms with van der Waals surface area (Å²) in [6, 6.07) is 19.0. The molecule has 164 valence electrons. The molecule has 1 aliphatic heterocycles. The normalized spacial score (nSPS) is 19.5.